The van der Waals surface area contributed by atoms with Crippen LogP contribution in [0.1, 0.15) is 12.8 Å². The minimum absolute atomic E-state index is 0.0833. The first-order valence-corrected chi connectivity index (χ1v) is 12.9. The Hall–Kier alpha value is -0.466. The summed E-state index contributed by atoms with van der Waals surface area (Å²) in [7, 11) is -3.20. The van der Waals surface area contributed by atoms with Crippen LogP contribution in [0.25, 0.3) is 0 Å². The predicted molar refractivity (Wildman–Crippen MR) is 75.0 cm³/mol. The van der Waals surface area contributed by atoms with Crippen LogP contribution in [-0.2, 0) is 14.0 Å². The second kappa shape index (κ2) is 6.46. The third-order valence-electron chi connectivity index (χ3n) is 1.84. The van der Waals surface area contributed by atoms with Gasteiger partial charge in [0, 0.05) is 13.0 Å². The van der Waals surface area contributed by atoms with Crippen molar-refractivity contribution < 1.29 is 14.0 Å². The number of Topliss-reactive ketones (excluding diaryl/α,β-unsaturated/α-hetero) is 1. The fourth-order valence-corrected chi connectivity index (χ4v) is 2.60. The molecule has 4 nitrogen and oxygen atoms in total. The van der Waals surface area contributed by atoms with Gasteiger partial charge in [0.1, 0.15) is 14.0 Å². The fraction of sp³-hybridized carbons (Fsp3) is 0.818. The molecule has 0 aromatic rings. The second-order valence-electron chi connectivity index (χ2n) is 6.23. The maximum atomic E-state index is 11.5. The molecule has 0 radical (unpaired) electrons. The van der Waals surface area contributed by atoms with E-state index in [4.69, 9.17) is 4.43 Å². The topological polar surface area (TPSA) is 55.4 Å². The predicted octanol–water partition coefficient (Wildman–Crippen LogP) is 2.14. The first-order valence-electron chi connectivity index (χ1n) is 5.98. The fourth-order valence-electron chi connectivity index (χ4n) is 1.09. The van der Waals surface area contributed by atoms with E-state index in [2.05, 4.69) is 24.6 Å². The average Bonchev–Trinajstić information content (AvgIpc) is 2.07. The zero-order chi connectivity index (χ0) is 13.7. The van der Waals surface area contributed by atoms with Crippen molar-refractivity contribution in [2.24, 2.45) is 0 Å². The molecule has 0 rings (SSSR count). The van der Waals surface area contributed by atoms with E-state index in [0.29, 0.717) is 6.54 Å². The number of hydrogen-bond donors (Lipinski definition) is 1. The Balaban J connectivity index is 3.82. The van der Waals surface area contributed by atoms with Crippen molar-refractivity contribution in [3.8, 4) is 0 Å². The number of carbonyl (C=O) groups is 2. The van der Waals surface area contributed by atoms with E-state index in [0.717, 1.165) is 0 Å². The van der Waals surface area contributed by atoms with Crippen LogP contribution < -0.4 is 4.98 Å². The Morgan fingerprint density at radius 2 is 1.53 bits per heavy atom. The van der Waals surface area contributed by atoms with E-state index in [1.54, 1.807) is 0 Å². The van der Waals surface area contributed by atoms with Gasteiger partial charge < -0.3 is 9.41 Å². The first kappa shape index (κ1) is 16.5. The van der Waals surface area contributed by atoms with E-state index in [9.17, 15) is 9.59 Å². The molecule has 0 aliphatic heterocycles. The van der Waals surface area contributed by atoms with E-state index < -0.39 is 16.6 Å². The van der Waals surface area contributed by atoms with Crippen molar-refractivity contribution in [2.75, 3.05) is 6.54 Å². The first-order chi connectivity index (χ1) is 7.49. The molecule has 0 saturated heterocycles. The van der Waals surface area contributed by atoms with Gasteiger partial charge in [-0.2, -0.15) is 0 Å². The monoisotopic (exact) mass is 275 g/mol. The van der Waals surface area contributed by atoms with Gasteiger partial charge in [-0.25, -0.2) is 0 Å². The lowest BCUT2D eigenvalue weighted by atomic mass is 10.2. The van der Waals surface area contributed by atoms with Crippen molar-refractivity contribution in [3.05, 3.63) is 0 Å². The highest BCUT2D eigenvalue weighted by atomic mass is 28.4. The third-order valence-corrected chi connectivity index (χ3v) is 3.92. The molecule has 0 spiro atoms. The number of carbonyl (C=O) groups excluding carboxylic acids is 2. The highest BCUT2D eigenvalue weighted by molar-refractivity contribution is 6.73. The Bertz CT molecular complexity index is 279. The van der Waals surface area contributed by atoms with Crippen LogP contribution in [0.15, 0.2) is 0 Å². The van der Waals surface area contributed by atoms with Gasteiger partial charge in [-0.05, 0) is 19.6 Å². The lowest BCUT2D eigenvalue weighted by Gasteiger charge is -2.18. The molecule has 6 heteroatoms. The summed E-state index contributed by atoms with van der Waals surface area (Å²) in [6.07, 6.45) is 0.483. The van der Waals surface area contributed by atoms with Crippen LogP contribution in [0, 0.1) is 0 Å². The molecule has 0 amide bonds. The van der Waals surface area contributed by atoms with Gasteiger partial charge in [-0.3, -0.25) is 9.59 Å². The molecular formula is C11H25NO3Si2. The number of rotatable bonds is 7. The summed E-state index contributed by atoms with van der Waals surface area (Å²) in [5, 5.41) is 0. The molecule has 17 heavy (non-hydrogen) atoms. The molecule has 1 N–H and O–H groups in total. The summed E-state index contributed by atoms with van der Waals surface area (Å²) < 4.78 is 5.27. The summed E-state index contributed by atoms with van der Waals surface area (Å²) in [6, 6.07) is 0. The Labute approximate surface area is 106 Å². The largest absolute Gasteiger partial charge is 0.520 e. The Morgan fingerprint density at radius 3 is 1.94 bits per heavy atom. The highest BCUT2D eigenvalue weighted by Crippen LogP contribution is 2.06. The van der Waals surface area contributed by atoms with Crippen molar-refractivity contribution >= 4 is 28.3 Å². The Morgan fingerprint density at radius 1 is 1.00 bits per heavy atom. The zero-order valence-corrected chi connectivity index (χ0v) is 13.8. The third kappa shape index (κ3) is 11.8. The van der Waals surface area contributed by atoms with Gasteiger partial charge in [0.15, 0.2) is 0 Å². The molecule has 0 heterocycles. The van der Waals surface area contributed by atoms with E-state index in [1.807, 2.05) is 19.6 Å². The lowest BCUT2D eigenvalue weighted by molar-refractivity contribution is -0.136. The van der Waals surface area contributed by atoms with Crippen molar-refractivity contribution in [1.82, 2.24) is 4.98 Å². The maximum Gasteiger partial charge on any atom is 0.292 e. The number of ketones is 1. The molecule has 0 aliphatic rings. The molecule has 0 aliphatic carbocycles. The maximum absolute atomic E-state index is 11.5. The van der Waals surface area contributed by atoms with E-state index in [-0.39, 0.29) is 24.6 Å². The van der Waals surface area contributed by atoms with Crippen LogP contribution in [0.4, 0.5) is 0 Å². The molecule has 0 saturated carbocycles. The average molecular weight is 275 g/mol. The van der Waals surface area contributed by atoms with Crippen LogP contribution in [-0.4, -0.2) is 34.9 Å². The second-order valence-corrected chi connectivity index (χ2v) is 15.5. The summed E-state index contributed by atoms with van der Waals surface area (Å²) in [4.78, 5) is 26.2. The quantitative estimate of drug-likeness (QED) is 0.723. The molecule has 0 unspecified atom stereocenters. The smallest absolute Gasteiger partial charge is 0.292 e. The summed E-state index contributed by atoms with van der Waals surface area (Å²) >= 11 is 0. The minimum atomic E-state index is -1.81. The molecule has 100 valence electrons. The highest BCUT2D eigenvalue weighted by Gasteiger charge is 2.20. The van der Waals surface area contributed by atoms with Crippen LogP contribution in [0.3, 0.4) is 0 Å². The van der Waals surface area contributed by atoms with Crippen LogP contribution in [0.5, 0.6) is 0 Å². The minimum Gasteiger partial charge on any atom is -0.520 e. The number of hydrogen-bond acceptors (Lipinski definition) is 4. The van der Waals surface area contributed by atoms with Gasteiger partial charge in [-0.15, -0.1) is 0 Å². The lowest BCUT2D eigenvalue weighted by Crippen LogP contribution is -2.44. The summed E-state index contributed by atoms with van der Waals surface area (Å²) in [5.41, 5.74) is 0. The molecule has 0 fully saturated rings. The molecule has 0 atom stereocenters. The number of nitrogens with one attached hydrogen (secondary N) is 1. The molecular weight excluding hydrogens is 250 g/mol. The van der Waals surface area contributed by atoms with Gasteiger partial charge >= 0.3 is 0 Å². The van der Waals surface area contributed by atoms with Gasteiger partial charge in [0.2, 0.25) is 8.32 Å². The standard InChI is InChI=1S/C11H25NO3Si2/c1-16(2,3)12-9-10(13)7-8-11(14)15-17(4,5)6/h12H,7-9H2,1-6H3. The van der Waals surface area contributed by atoms with Crippen molar-refractivity contribution in [2.45, 2.75) is 52.1 Å². The normalized spacial score (nSPS) is 12.4. The van der Waals surface area contributed by atoms with Crippen molar-refractivity contribution in [3.63, 3.8) is 0 Å². The van der Waals surface area contributed by atoms with E-state index >= 15 is 0 Å². The molecule has 0 bridgehead atoms. The SMILES string of the molecule is C[Si](C)(C)NCC(=O)CCC(=O)O[Si](C)(C)C. The van der Waals surface area contributed by atoms with Gasteiger partial charge in [0.05, 0.1) is 6.42 Å². The van der Waals surface area contributed by atoms with Crippen LogP contribution in [0.2, 0.25) is 39.3 Å². The summed E-state index contributed by atoms with van der Waals surface area (Å²) in [5.74, 6) is -0.162. The van der Waals surface area contributed by atoms with Crippen molar-refractivity contribution in [1.29, 1.82) is 0 Å². The Kier molecular flexibility index (Phi) is 6.28. The molecule has 0 aromatic carbocycles. The molecule has 0 aromatic heterocycles. The van der Waals surface area contributed by atoms with Gasteiger partial charge in [0.25, 0.3) is 5.97 Å². The van der Waals surface area contributed by atoms with E-state index in [1.165, 1.54) is 0 Å². The zero-order valence-electron chi connectivity index (χ0n) is 11.8. The van der Waals surface area contributed by atoms with Crippen LogP contribution >= 0.6 is 0 Å². The summed E-state index contributed by atoms with van der Waals surface area (Å²) in [6.45, 7) is 12.7. The van der Waals surface area contributed by atoms with Gasteiger partial charge in [-0.1, -0.05) is 19.6 Å².